The molecule has 28 heavy (non-hydrogen) atoms. The van der Waals surface area contributed by atoms with E-state index in [9.17, 15) is 4.79 Å². The van der Waals surface area contributed by atoms with Crippen molar-refractivity contribution in [2.24, 2.45) is 7.05 Å². The molecule has 150 valence electrons. The number of likely N-dealkylation sites (tertiary alicyclic amines) is 1. The van der Waals surface area contributed by atoms with E-state index in [1.165, 1.54) is 0 Å². The summed E-state index contributed by atoms with van der Waals surface area (Å²) in [4.78, 5) is 14.8. The fourth-order valence-electron chi connectivity index (χ4n) is 3.68. The second-order valence-electron chi connectivity index (χ2n) is 6.87. The Hall–Kier alpha value is -2.26. The van der Waals surface area contributed by atoms with Crippen LogP contribution in [0.5, 0.6) is 11.5 Å². The van der Waals surface area contributed by atoms with E-state index in [-0.39, 0.29) is 11.9 Å². The summed E-state index contributed by atoms with van der Waals surface area (Å²) in [5, 5.41) is 12.6. The molecule has 1 N–H and O–H groups in total. The number of fused-ring (bicyclic) bond motifs is 1. The highest BCUT2D eigenvalue weighted by Gasteiger charge is 2.31. The van der Waals surface area contributed by atoms with Crippen molar-refractivity contribution in [1.82, 2.24) is 19.7 Å². The predicted octanol–water partition coefficient (Wildman–Crippen LogP) is 2.47. The van der Waals surface area contributed by atoms with Gasteiger partial charge < -0.3 is 19.4 Å². The van der Waals surface area contributed by atoms with Crippen LogP contribution in [-0.4, -0.2) is 57.6 Å². The van der Waals surface area contributed by atoms with E-state index in [2.05, 4.69) is 31.9 Å². The van der Waals surface area contributed by atoms with Crippen LogP contribution in [0.2, 0.25) is 0 Å². The molecule has 0 spiro atoms. The van der Waals surface area contributed by atoms with Gasteiger partial charge in [-0.2, -0.15) is 0 Å². The van der Waals surface area contributed by atoms with E-state index in [4.69, 9.17) is 9.47 Å². The van der Waals surface area contributed by atoms with Gasteiger partial charge in [0, 0.05) is 18.8 Å². The Bertz CT molecular complexity index is 856. The lowest BCUT2D eigenvalue weighted by Crippen LogP contribution is -2.34. The summed E-state index contributed by atoms with van der Waals surface area (Å²) in [6, 6.07) is 5.60. The Balaban J connectivity index is 1.41. The zero-order valence-electron chi connectivity index (χ0n) is 16.2. The van der Waals surface area contributed by atoms with Gasteiger partial charge in [0.2, 0.25) is 5.91 Å². The Morgan fingerprint density at radius 2 is 2.11 bits per heavy atom. The Kier molecular flexibility index (Phi) is 5.72. The van der Waals surface area contributed by atoms with E-state index in [0.29, 0.717) is 36.9 Å². The molecule has 4 rings (SSSR count). The molecule has 1 aromatic heterocycles. The summed E-state index contributed by atoms with van der Waals surface area (Å²) >= 11 is 1.68. The average Bonchev–Trinajstić information content (AvgIpc) is 3.28. The Labute approximate surface area is 168 Å². The zero-order valence-corrected chi connectivity index (χ0v) is 17.0. The molecule has 1 aromatic carbocycles. The van der Waals surface area contributed by atoms with Crippen LogP contribution in [0.3, 0.4) is 0 Å². The number of aromatic nitrogens is 3. The third-order valence-electron chi connectivity index (χ3n) is 4.98. The number of anilines is 1. The highest BCUT2D eigenvalue weighted by atomic mass is 32.2. The number of ether oxygens (including phenoxy) is 2. The Morgan fingerprint density at radius 1 is 1.29 bits per heavy atom. The summed E-state index contributed by atoms with van der Waals surface area (Å²) in [6.07, 6.45) is 2.03. The third-order valence-corrected chi connectivity index (χ3v) is 5.88. The van der Waals surface area contributed by atoms with Gasteiger partial charge in [-0.15, -0.1) is 10.2 Å². The minimum Gasteiger partial charge on any atom is -0.486 e. The number of carbonyl (C=O) groups is 1. The summed E-state index contributed by atoms with van der Waals surface area (Å²) in [5.41, 5.74) is 0.713. The Morgan fingerprint density at radius 3 is 2.93 bits per heavy atom. The van der Waals surface area contributed by atoms with Gasteiger partial charge in [-0.3, -0.25) is 9.69 Å². The van der Waals surface area contributed by atoms with Crippen molar-refractivity contribution >= 4 is 23.4 Å². The molecule has 2 aliphatic rings. The number of amides is 1. The highest BCUT2D eigenvalue weighted by molar-refractivity contribution is 7.99. The van der Waals surface area contributed by atoms with Gasteiger partial charge >= 0.3 is 0 Å². The maximum Gasteiger partial charge on any atom is 0.238 e. The van der Waals surface area contributed by atoms with Crippen LogP contribution in [0.4, 0.5) is 5.69 Å². The normalized spacial score (nSPS) is 19.0. The topological polar surface area (TPSA) is 81.5 Å². The lowest BCUT2D eigenvalue weighted by Gasteiger charge is -2.23. The molecule has 0 saturated carbocycles. The van der Waals surface area contributed by atoms with E-state index in [1.807, 2.05) is 25.2 Å². The SMILES string of the molecule is CCSc1nnc([C@@H]2CCCN2CC(=O)Nc2ccc3c(c2)OCCO3)n1C. The minimum absolute atomic E-state index is 0.0473. The third kappa shape index (κ3) is 3.95. The lowest BCUT2D eigenvalue weighted by molar-refractivity contribution is -0.117. The predicted molar refractivity (Wildman–Crippen MR) is 107 cm³/mol. The second-order valence-corrected chi connectivity index (χ2v) is 8.10. The van der Waals surface area contributed by atoms with Gasteiger partial charge in [0.05, 0.1) is 12.6 Å². The van der Waals surface area contributed by atoms with Crippen LogP contribution in [0, 0.1) is 0 Å². The molecule has 0 unspecified atom stereocenters. The standard InChI is InChI=1S/C19H25N5O3S/c1-3-28-19-22-21-18(23(19)2)14-5-4-8-24(14)12-17(25)20-13-6-7-15-16(11-13)27-10-9-26-15/h6-7,11,14H,3-5,8-10,12H2,1-2H3,(H,20,25)/t14-/m0/s1. The molecule has 3 heterocycles. The first-order valence-corrected chi connectivity index (χ1v) is 10.6. The van der Waals surface area contributed by atoms with Crippen molar-refractivity contribution in [1.29, 1.82) is 0 Å². The molecule has 1 atom stereocenters. The van der Waals surface area contributed by atoms with E-state index >= 15 is 0 Å². The fourth-order valence-corrected chi connectivity index (χ4v) is 4.33. The first-order valence-electron chi connectivity index (χ1n) is 9.61. The smallest absolute Gasteiger partial charge is 0.238 e. The number of benzene rings is 1. The molecule has 9 heteroatoms. The molecular formula is C19H25N5O3S. The van der Waals surface area contributed by atoms with Crippen LogP contribution in [0.25, 0.3) is 0 Å². The number of nitrogens with one attached hydrogen (secondary N) is 1. The van der Waals surface area contributed by atoms with Crippen LogP contribution in [0.1, 0.15) is 31.6 Å². The van der Waals surface area contributed by atoms with Crippen LogP contribution in [-0.2, 0) is 11.8 Å². The number of nitrogens with zero attached hydrogens (tertiary/aromatic N) is 4. The molecule has 8 nitrogen and oxygen atoms in total. The van der Waals surface area contributed by atoms with Crippen molar-refractivity contribution in [3.05, 3.63) is 24.0 Å². The minimum atomic E-state index is -0.0473. The van der Waals surface area contributed by atoms with Crippen molar-refractivity contribution in [2.75, 3.05) is 37.4 Å². The molecule has 0 radical (unpaired) electrons. The summed E-state index contributed by atoms with van der Waals surface area (Å²) in [7, 11) is 2.00. The van der Waals surface area contributed by atoms with Crippen molar-refractivity contribution < 1.29 is 14.3 Å². The summed E-state index contributed by atoms with van der Waals surface area (Å²) < 4.78 is 13.2. The number of hydrogen-bond donors (Lipinski definition) is 1. The van der Waals surface area contributed by atoms with Gasteiger partial charge in [-0.1, -0.05) is 18.7 Å². The highest BCUT2D eigenvalue weighted by Crippen LogP contribution is 2.34. The fraction of sp³-hybridized carbons (Fsp3) is 0.526. The van der Waals surface area contributed by atoms with Crippen LogP contribution in [0.15, 0.2) is 23.4 Å². The van der Waals surface area contributed by atoms with E-state index in [1.54, 1.807) is 11.8 Å². The molecule has 1 amide bonds. The molecule has 1 fully saturated rings. The average molecular weight is 404 g/mol. The number of carbonyl (C=O) groups excluding carboxylic acids is 1. The number of thioether (sulfide) groups is 1. The summed E-state index contributed by atoms with van der Waals surface area (Å²) in [5.74, 6) is 3.22. The maximum absolute atomic E-state index is 12.6. The molecule has 2 aliphatic heterocycles. The number of rotatable bonds is 6. The summed E-state index contributed by atoms with van der Waals surface area (Å²) in [6.45, 7) is 4.37. The second kappa shape index (κ2) is 8.40. The first-order chi connectivity index (χ1) is 13.7. The monoisotopic (exact) mass is 403 g/mol. The van der Waals surface area contributed by atoms with E-state index in [0.717, 1.165) is 36.1 Å². The van der Waals surface area contributed by atoms with Crippen molar-refractivity contribution in [2.45, 2.75) is 31.0 Å². The van der Waals surface area contributed by atoms with Gasteiger partial charge in [0.15, 0.2) is 22.5 Å². The van der Waals surface area contributed by atoms with Gasteiger partial charge in [-0.05, 0) is 37.3 Å². The maximum atomic E-state index is 12.6. The molecule has 0 aliphatic carbocycles. The molecule has 2 aromatic rings. The van der Waals surface area contributed by atoms with Gasteiger partial charge in [0.25, 0.3) is 0 Å². The van der Waals surface area contributed by atoms with Gasteiger partial charge in [0.1, 0.15) is 13.2 Å². The molecule has 0 bridgehead atoms. The largest absolute Gasteiger partial charge is 0.486 e. The zero-order chi connectivity index (χ0) is 19.5. The quantitative estimate of drug-likeness (QED) is 0.742. The van der Waals surface area contributed by atoms with Crippen molar-refractivity contribution in [3.8, 4) is 11.5 Å². The first kappa shape index (κ1) is 19.1. The van der Waals surface area contributed by atoms with Crippen LogP contribution < -0.4 is 14.8 Å². The van der Waals surface area contributed by atoms with Crippen molar-refractivity contribution in [3.63, 3.8) is 0 Å². The molecular weight excluding hydrogens is 378 g/mol. The van der Waals surface area contributed by atoms with Gasteiger partial charge in [-0.25, -0.2) is 0 Å². The van der Waals surface area contributed by atoms with E-state index < -0.39 is 0 Å². The lowest BCUT2D eigenvalue weighted by atomic mass is 10.2. The van der Waals surface area contributed by atoms with Crippen LogP contribution >= 0.6 is 11.8 Å². The molecule has 1 saturated heterocycles. The number of hydrogen-bond acceptors (Lipinski definition) is 7.